The van der Waals surface area contributed by atoms with Crippen molar-refractivity contribution in [3.05, 3.63) is 86.3 Å². The van der Waals surface area contributed by atoms with Gasteiger partial charge < -0.3 is 10.3 Å². The molecular formula is C20H13FN4O3. The topological polar surface area (TPSA) is 111 Å². The highest BCUT2D eigenvalue weighted by molar-refractivity contribution is 6.08. The Kier molecular flexibility index (Phi) is 3.35. The summed E-state index contributed by atoms with van der Waals surface area (Å²) in [5.74, 6) is -1.44. The van der Waals surface area contributed by atoms with Gasteiger partial charge in [-0.25, -0.2) is 9.18 Å². The second-order valence-electron chi connectivity index (χ2n) is 6.59. The SMILES string of the molecule is O=C1Nc2ccccc2[C@H]1c1c(-c2ccc(F)cc2)[nH]c2[nH]c(=O)[nH]c(=O)c12. The first kappa shape index (κ1) is 16.2. The molecule has 4 N–H and O–H groups in total. The molecule has 0 aliphatic carbocycles. The van der Waals surface area contributed by atoms with E-state index in [4.69, 9.17) is 0 Å². The van der Waals surface area contributed by atoms with E-state index < -0.39 is 23.0 Å². The van der Waals surface area contributed by atoms with Crippen LogP contribution in [0.2, 0.25) is 0 Å². The third-order valence-electron chi connectivity index (χ3n) is 4.94. The fourth-order valence-corrected chi connectivity index (χ4v) is 3.78. The van der Waals surface area contributed by atoms with Crippen LogP contribution in [0.3, 0.4) is 0 Å². The highest BCUT2D eigenvalue weighted by Gasteiger charge is 2.36. The number of halogens is 1. The number of carbonyl (C=O) groups is 1. The summed E-state index contributed by atoms with van der Waals surface area (Å²) in [6.45, 7) is 0. The molecule has 0 saturated heterocycles. The Morgan fingerprint density at radius 1 is 0.857 bits per heavy atom. The van der Waals surface area contributed by atoms with Crippen LogP contribution in [0.4, 0.5) is 10.1 Å². The molecule has 8 heteroatoms. The molecule has 1 atom stereocenters. The molecule has 0 saturated carbocycles. The smallest absolute Gasteiger partial charge is 0.327 e. The first-order valence-corrected chi connectivity index (χ1v) is 8.57. The number of aromatic amines is 3. The third-order valence-corrected chi connectivity index (χ3v) is 4.94. The lowest BCUT2D eigenvalue weighted by Crippen LogP contribution is -2.23. The van der Waals surface area contributed by atoms with E-state index >= 15 is 0 Å². The van der Waals surface area contributed by atoms with Crippen molar-refractivity contribution in [3.8, 4) is 11.3 Å². The second kappa shape index (κ2) is 5.78. The van der Waals surface area contributed by atoms with Crippen LogP contribution in [0.15, 0.2) is 58.1 Å². The Morgan fingerprint density at radius 3 is 2.39 bits per heavy atom. The van der Waals surface area contributed by atoms with Gasteiger partial charge in [0.2, 0.25) is 5.91 Å². The molecule has 4 aromatic rings. The largest absolute Gasteiger partial charge is 0.340 e. The van der Waals surface area contributed by atoms with Crippen LogP contribution in [0.25, 0.3) is 22.3 Å². The van der Waals surface area contributed by atoms with E-state index in [-0.39, 0.29) is 16.9 Å². The molecule has 0 unspecified atom stereocenters. The summed E-state index contributed by atoms with van der Waals surface area (Å²) >= 11 is 0. The van der Waals surface area contributed by atoms with Gasteiger partial charge in [0.15, 0.2) is 0 Å². The summed E-state index contributed by atoms with van der Waals surface area (Å²) in [6.07, 6.45) is 0. The summed E-state index contributed by atoms with van der Waals surface area (Å²) in [7, 11) is 0. The Balaban J connectivity index is 1.88. The van der Waals surface area contributed by atoms with Gasteiger partial charge in [-0.1, -0.05) is 18.2 Å². The number of anilines is 1. The van der Waals surface area contributed by atoms with Crippen molar-refractivity contribution in [1.82, 2.24) is 15.0 Å². The average molecular weight is 376 g/mol. The molecule has 2 aromatic carbocycles. The highest BCUT2D eigenvalue weighted by Crippen LogP contribution is 2.43. The van der Waals surface area contributed by atoms with Crippen LogP contribution >= 0.6 is 0 Å². The molecular weight excluding hydrogens is 363 g/mol. The molecule has 1 aliphatic rings. The van der Waals surface area contributed by atoms with Crippen molar-refractivity contribution in [2.75, 3.05) is 5.32 Å². The highest BCUT2D eigenvalue weighted by atomic mass is 19.1. The minimum Gasteiger partial charge on any atom is -0.340 e. The minimum atomic E-state index is -0.753. The number of hydrogen-bond acceptors (Lipinski definition) is 3. The van der Waals surface area contributed by atoms with Crippen molar-refractivity contribution in [1.29, 1.82) is 0 Å². The summed E-state index contributed by atoms with van der Waals surface area (Å²) in [4.78, 5) is 45.0. The molecule has 3 heterocycles. The fraction of sp³-hybridized carbons (Fsp3) is 0.0500. The van der Waals surface area contributed by atoms with E-state index in [1.54, 1.807) is 18.2 Å². The van der Waals surface area contributed by atoms with Crippen LogP contribution in [0.1, 0.15) is 17.0 Å². The van der Waals surface area contributed by atoms with E-state index in [2.05, 4.69) is 20.3 Å². The zero-order valence-electron chi connectivity index (χ0n) is 14.3. The summed E-state index contributed by atoms with van der Waals surface area (Å²) in [5.41, 5.74) is 1.83. The number of H-pyrrole nitrogens is 3. The molecule has 1 amide bonds. The maximum atomic E-state index is 13.4. The first-order chi connectivity index (χ1) is 13.5. The Morgan fingerprint density at radius 2 is 1.61 bits per heavy atom. The predicted molar refractivity (Wildman–Crippen MR) is 102 cm³/mol. The molecule has 0 fully saturated rings. The number of benzene rings is 2. The summed E-state index contributed by atoms with van der Waals surface area (Å²) in [5, 5.41) is 3.01. The van der Waals surface area contributed by atoms with Crippen molar-refractivity contribution >= 4 is 22.6 Å². The summed E-state index contributed by atoms with van der Waals surface area (Å²) < 4.78 is 13.4. The van der Waals surface area contributed by atoms with Crippen LogP contribution in [0.5, 0.6) is 0 Å². The fourth-order valence-electron chi connectivity index (χ4n) is 3.78. The lowest BCUT2D eigenvalue weighted by atomic mass is 9.89. The van der Waals surface area contributed by atoms with Crippen LogP contribution < -0.4 is 16.6 Å². The molecule has 0 radical (unpaired) electrons. The van der Waals surface area contributed by atoms with E-state index in [9.17, 15) is 18.8 Å². The van der Waals surface area contributed by atoms with Crippen molar-refractivity contribution < 1.29 is 9.18 Å². The summed E-state index contributed by atoms with van der Waals surface area (Å²) in [6, 6.07) is 12.9. The molecule has 0 spiro atoms. The minimum absolute atomic E-state index is 0.191. The van der Waals surface area contributed by atoms with Gasteiger partial charge in [-0.3, -0.25) is 19.6 Å². The van der Waals surface area contributed by atoms with Gasteiger partial charge in [0, 0.05) is 11.3 Å². The third kappa shape index (κ3) is 2.31. The van der Waals surface area contributed by atoms with Crippen LogP contribution in [0, 0.1) is 5.82 Å². The Labute approximate surface area is 156 Å². The normalized spacial score (nSPS) is 15.6. The number of rotatable bonds is 2. The van der Waals surface area contributed by atoms with E-state index in [1.165, 1.54) is 12.1 Å². The number of carbonyl (C=O) groups excluding carboxylic acids is 1. The second-order valence-corrected chi connectivity index (χ2v) is 6.59. The molecule has 7 nitrogen and oxygen atoms in total. The predicted octanol–water partition coefficient (Wildman–Crippen LogP) is 2.43. The molecule has 1 aliphatic heterocycles. The van der Waals surface area contributed by atoms with E-state index in [1.807, 2.05) is 18.2 Å². The number of amides is 1. The molecule has 28 heavy (non-hydrogen) atoms. The number of fused-ring (bicyclic) bond motifs is 2. The van der Waals surface area contributed by atoms with Gasteiger partial charge in [0.25, 0.3) is 5.56 Å². The van der Waals surface area contributed by atoms with Crippen LogP contribution in [-0.2, 0) is 4.79 Å². The zero-order chi connectivity index (χ0) is 19.4. The Hall–Kier alpha value is -3.94. The number of aromatic nitrogens is 3. The van der Waals surface area contributed by atoms with E-state index in [0.717, 1.165) is 5.56 Å². The lowest BCUT2D eigenvalue weighted by Gasteiger charge is -2.11. The van der Waals surface area contributed by atoms with Gasteiger partial charge in [-0.15, -0.1) is 0 Å². The maximum absolute atomic E-state index is 13.4. The zero-order valence-corrected chi connectivity index (χ0v) is 14.3. The molecule has 5 rings (SSSR count). The van der Waals surface area contributed by atoms with Gasteiger partial charge >= 0.3 is 5.69 Å². The average Bonchev–Trinajstić information content (AvgIpc) is 3.19. The quantitative estimate of drug-likeness (QED) is 0.431. The van der Waals surface area contributed by atoms with E-state index in [0.29, 0.717) is 22.5 Å². The lowest BCUT2D eigenvalue weighted by molar-refractivity contribution is -0.116. The number of hydrogen-bond donors (Lipinski definition) is 4. The standard InChI is InChI=1S/C20H13FN4O3/c21-10-7-5-9(6-8-10)16-14(15-17(23-16)24-20(28)25-19(15)27)13-11-3-1-2-4-12(11)22-18(13)26/h1-8,13H,(H,22,26)(H3,23,24,25,27,28)/t13-/m0/s1. The van der Waals surface area contributed by atoms with Gasteiger partial charge in [-0.05, 0) is 41.5 Å². The molecule has 138 valence electrons. The monoisotopic (exact) mass is 376 g/mol. The van der Waals surface area contributed by atoms with Crippen molar-refractivity contribution in [3.63, 3.8) is 0 Å². The number of para-hydroxylation sites is 1. The molecule has 0 bridgehead atoms. The van der Waals surface area contributed by atoms with Crippen LogP contribution in [-0.4, -0.2) is 20.9 Å². The van der Waals surface area contributed by atoms with Gasteiger partial charge in [0.1, 0.15) is 11.5 Å². The maximum Gasteiger partial charge on any atom is 0.327 e. The van der Waals surface area contributed by atoms with Crippen molar-refractivity contribution in [2.24, 2.45) is 0 Å². The molecule has 2 aromatic heterocycles. The Bertz CT molecular complexity index is 1360. The van der Waals surface area contributed by atoms with Gasteiger partial charge in [0.05, 0.1) is 17.0 Å². The number of nitrogens with one attached hydrogen (secondary N) is 4. The first-order valence-electron chi connectivity index (χ1n) is 8.57. The van der Waals surface area contributed by atoms with Gasteiger partial charge in [-0.2, -0.15) is 0 Å². The van der Waals surface area contributed by atoms with Crippen molar-refractivity contribution in [2.45, 2.75) is 5.92 Å².